The van der Waals surface area contributed by atoms with Gasteiger partial charge in [-0.15, -0.1) is 12.4 Å². The normalized spacial score (nSPS) is 15.9. The van der Waals surface area contributed by atoms with E-state index in [9.17, 15) is 4.79 Å². The molecule has 2 rings (SSSR count). The molecule has 19 heavy (non-hydrogen) atoms. The van der Waals surface area contributed by atoms with Crippen LogP contribution in [0.4, 0.5) is 5.95 Å². The standard InChI is InChI=1S/C12H18N4O2.ClH/c17-11(18)3-1-6-15-7-9-16(10-8-15)12-13-4-2-5-14-12;/h2,4-5H,1,3,6-10H2,(H,17,18);1H. The predicted octanol–water partition coefficient (Wildman–Crippen LogP) is 0.885. The molecule has 0 amide bonds. The Morgan fingerprint density at radius 2 is 1.84 bits per heavy atom. The zero-order chi connectivity index (χ0) is 12.8. The number of hydrogen-bond donors (Lipinski definition) is 1. The number of aromatic nitrogens is 2. The van der Waals surface area contributed by atoms with Gasteiger partial charge >= 0.3 is 5.97 Å². The maximum absolute atomic E-state index is 10.4. The Labute approximate surface area is 118 Å². The molecule has 1 N–H and O–H groups in total. The highest BCUT2D eigenvalue weighted by molar-refractivity contribution is 5.85. The molecule has 1 aromatic rings. The van der Waals surface area contributed by atoms with Gasteiger partial charge in [0.05, 0.1) is 0 Å². The number of hydrogen-bond acceptors (Lipinski definition) is 5. The maximum Gasteiger partial charge on any atom is 0.303 e. The summed E-state index contributed by atoms with van der Waals surface area (Å²) in [5.74, 6) is 0.0639. The van der Waals surface area contributed by atoms with Gasteiger partial charge in [-0.25, -0.2) is 9.97 Å². The van der Waals surface area contributed by atoms with Crippen molar-refractivity contribution in [3.8, 4) is 0 Å². The average Bonchev–Trinajstić information content (AvgIpc) is 2.40. The van der Waals surface area contributed by atoms with E-state index in [2.05, 4.69) is 19.8 Å². The van der Waals surface area contributed by atoms with Crippen molar-refractivity contribution in [3.05, 3.63) is 18.5 Å². The highest BCUT2D eigenvalue weighted by atomic mass is 35.5. The van der Waals surface area contributed by atoms with Crippen LogP contribution in [0.2, 0.25) is 0 Å². The molecule has 0 radical (unpaired) electrons. The number of aliphatic carboxylic acids is 1. The van der Waals surface area contributed by atoms with Crippen LogP contribution in [-0.2, 0) is 4.79 Å². The van der Waals surface area contributed by atoms with Gasteiger partial charge in [0.15, 0.2) is 0 Å². The van der Waals surface area contributed by atoms with Gasteiger partial charge in [-0.2, -0.15) is 0 Å². The second kappa shape index (κ2) is 7.91. The summed E-state index contributed by atoms with van der Waals surface area (Å²) in [6.45, 7) is 4.54. The lowest BCUT2D eigenvalue weighted by Gasteiger charge is -2.34. The molecule has 0 aromatic carbocycles. The molecular formula is C12H19ClN4O2. The lowest BCUT2D eigenvalue weighted by atomic mass is 10.2. The topological polar surface area (TPSA) is 69.6 Å². The zero-order valence-corrected chi connectivity index (χ0v) is 11.6. The van der Waals surface area contributed by atoms with Crippen LogP contribution in [0, 0.1) is 0 Å². The van der Waals surface area contributed by atoms with E-state index in [1.807, 2.05) is 6.07 Å². The Balaban J connectivity index is 0.00000180. The fraction of sp³-hybridized carbons (Fsp3) is 0.583. The fourth-order valence-corrected chi connectivity index (χ4v) is 2.08. The van der Waals surface area contributed by atoms with E-state index >= 15 is 0 Å². The Morgan fingerprint density at radius 1 is 1.21 bits per heavy atom. The molecule has 106 valence electrons. The first-order chi connectivity index (χ1) is 8.75. The van der Waals surface area contributed by atoms with Crippen LogP contribution in [0.3, 0.4) is 0 Å². The maximum atomic E-state index is 10.4. The van der Waals surface area contributed by atoms with E-state index in [0.29, 0.717) is 0 Å². The number of carboxylic acids is 1. The lowest BCUT2D eigenvalue weighted by molar-refractivity contribution is -0.137. The molecule has 6 nitrogen and oxygen atoms in total. The van der Waals surface area contributed by atoms with Crippen LogP contribution >= 0.6 is 12.4 Å². The van der Waals surface area contributed by atoms with Crippen LogP contribution in [-0.4, -0.2) is 58.7 Å². The quantitative estimate of drug-likeness (QED) is 0.867. The van der Waals surface area contributed by atoms with Gasteiger partial charge in [-0.05, 0) is 19.0 Å². The summed E-state index contributed by atoms with van der Waals surface area (Å²) in [6, 6.07) is 1.81. The largest absolute Gasteiger partial charge is 0.481 e. The van der Waals surface area contributed by atoms with E-state index in [1.54, 1.807) is 12.4 Å². The van der Waals surface area contributed by atoms with Crippen molar-refractivity contribution >= 4 is 24.3 Å². The second-order valence-corrected chi connectivity index (χ2v) is 4.37. The summed E-state index contributed by atoms with van der Waals surface area (Å²) in [4.78, 5) is 23.4. The lowest BCUT2D eigenvalue weighted by Crippen LogP contribution is -2.47. The molecule has 0 unspecified atom stereocenters. The Kier molecular flexibility index (Phi) is 6.52. The van der Waals surface area contributed by atoms with Gasteiger partial charge in [-0.3, -0.25) is 9.69 Å². The van der Waals surface area contributed by atoms with Crippen LogP contribution in [0.1, 0.15) is 12.8 Å². The molecule has 1 saturated heterocycles. The van der Waals surface area contributed by atoms with Crippen LogP contribution in [0.15, 0.2) is 18.5 Å². The Morgan fingerprint density at radius 3 is 2.42 bits per heavy atom. The van der Waals surface area contributed by atoms with Gasteiger partial charge < -0.3 is 10.0 Å². The first kappa shape index (κ1) is 15.7. The minimum absolute atomic E-state index is 0. The first-order valence-electron chi connectivity index (χ1n) is 6.22. The second-order valence-electron chi connectivity index (χ2n) is 4.37. The molecule has 0 saturated carbocycles. The highest BCUT2D eigenvalue weighted by Crippen LogP contribution is 2.10. The number of carbonyl (C=O) groups is 1. The third kappa shape index (κ3) is 5.00. The van der Waals surface area contributed by atoms with Crippen LogP contribution < -0.4 is 4.90 Å². The third-order valence-electron chi connectivity index (χ3n) is 3.07. The van der Waals surface area contributed by atoms with Crippen molar-refractivity contribution in [2.75, 3.05) is 37.6 Å². The highest BCUT2D eigenvalue weighted by Gasteiger charge is 2.18. The first-order valence-corrected chi connectivity index (χ1v) is 6.22. The van der Waals surface area contributed by atoms with Crippen molar-refractivity contribution in [1.29, 1.82) is 0 Å². The van der Waals surface area contributed by atoms with Crippen LogP contribution in [0.25, 0.3) is 0 Å². The van der Waals surface area contributed by atoms with Gasteiger partial charge in [0.25, 0.3) is 0 Å². The van der Waals surface area contributed by atoms with Crippen molar-refractivity contribution < 1.29 is 9.90 Å². The molecule has 0 atom stereocenters. The summed E-state index contributed by atoms with van der Waals surface area (Å²) in [7, 11) is 0. The van der Waals surface area contributed by atoms with E-state index in [4.69, 9.17) is 5.11 Å². The number of piperazine rings is 1. The molecule has 2 heterocycles. The van der Waals surface area contributed by atoms with Gasteiger partial charge in [0, 0.05) is 45.0 Å². The summed E-state index contributed by atoms with van der Waals surface area (Å²) in [5, 5.41) is 8.59. The minimum atomic E-state index is -0.716. The Bertz CT molecular complexity index is 383. The van der Waals surface area contributed by atoms with Gasteiger partial charge in [0.2, 0.25) is 5.95 Å². The van der Waals surface area contributed by atoms with E-state index in [-0.39, 0.29) is 18.8 Å². The van der Waals surface area contributed by atoms with Crippen molar-refractivity contribution in [1.82, 2.24) is 14.9 Å². The van der Waals surface area contributed by atoms with Crippen molar-refractivity contribution in [2.24, 2.45) is 0 Å². The number of nitrogens with zero attached hydrogens (tertiary/aromatic N) is 4. The molecular weight excluding hydrogens is 268 g/mol. The van der Waals surface area contributed by atoms with E-state index in [1.165, 1.54) is 0 Å². The predicted molar refractivity (Wildman–Crippen MR) is 74.8 cm³/mol. The smallest absolute Gasteiger partial charge is 0.303 e. The van der Waals surface area contributed by atoms with E-state index in [0.717, 1.165) is 45.1 Å². The minimum Gasteiger partial charge on any atom is -0.481 e. The molecule has 0 aliphatic carbocycles. The number of carboxylic acid groups (broad SMARTS) is 1. The summed E-state index contributed by atoms with van der Waals surface area (Å²) >= 11 is 0. The molecule has 1 fully saturated rings. The molecule has 7 heteroatoms. The summed E-state index contributed by atoms with van der Waals surface area (Å²) in [5.41, 5.74) is 0. The summed E-state index contributed by atoms with van der Waals surface area (Å²) < 4.78 is 0. The van der Waals surface area contributed by atoms with Crippen molar-refractivity contribution in [3.63, 3.8) is 0 Å². The molecule has 1 aliphatic rings. The fourth-order valence-electron chi connectivity index (χ4n) is 2.08. The SMILES string of the molecule is Cl.O=C(O)CCCN1CCN(c2ncccn2)CC1. The number of halogens is 1. The third-order valence-corrected chi connectivity index (χ3v) is 3.07. The summed E-state index contributed by atoms with van der Waals surface area (Å²) in [6.07, 6.45) is 4.47. The zero-order valence-electron chi connectivity index (χ0n) is 10.7. The molecule has 0 bridgehead atoms. The monoisotopic (exact) mass is 286 g/mol. The molecule has 1 aromatic heterocycles. The van der Waals surface area contributed by atoms with Crippen LogP contribution in [0.5, 0.6) is 0 Å². The van der Waals surface area contributed by atoms with Gasteiger partial charge in [0.1, 0.15) is 0 Å². The number of anilines is 1. The average molecular weight is 287 g/mol. The van der Waals surface area contributed by atoms with Crippen molar-refractivity contribution in [2.45, 2.75) is 12.8 Å². The number of rotatable bonds is 5. The molecule has 0 spiro atoms. The van der Waals surface area contributed by atoms with Gasteiger partial charge in [-0.1, -0.05) is 0 Å². The molecule has 1 aliphatic heterocycles. The Hall–Kier alpha value is -1.40. The van der Waals surface area contributed by atoms with E-state index < -0.39 is 5.97 Å².